The third kappa shape index (κ3) is 4.42. The van der Waals surface area contributed by atoms with Gasteiger partial charge in [-0.25, -0.2) is 0 Å². The van der Waals surface area contributed by atoms with Crippen molar-refractivity contribution >= 4 is 5.91 Å². The maximum Gasteiger partial charge on any atom is 0.246 e. The van der Waals surface area contributed by atoms with Crippen LogP contribution in [0, 0.1) is 0 Å². The second kappa shape index (κ2) is 7.19. The molecule has 0 atom stereocenters. The fourth-order valence-electron chi connectivity index (χ4n) is 2.56. The molecular formula is C13H23NO5. The minimum Gasteiger partial charge on any atom is -0.382 e. The molecule has 6 nitrogen and oxygen atoms in total. The van der Waals surface area contributed by atoms with Gasteiger partial charge in [-0.2, -0.15) is 0 Å². The summed E-state index contributed by atoms with van der Waals surface area (Å²) in [5, 5.41) is 2.99. The summed E-state index contributed by atoms with van der Waals surface area (Å²) in [7, 11) is 1.61. The second-order valence-corrected chi connectivity index (χ2v) is 4.99. The summed E-state index contributed by atoms with van der Waals surface area (Å²) < 4.78 is 21.3. The lowest BCUT2D eigenvalue weighted by Crippen LogP contribution is -2.45. The molecule has 0 unspecified atom stereocenters. The average Bonchev–Trinajstić information content (AvgIpc) is 2.86. The van der Waals surface area contributed by atoms with Crippen LogP contribution < -0.4 is 5.32 Å². The molecule has 1 saturated carbocycles. The van der Waals surface area contributed by atoms with Crippen molar-refractivity contribution in [1.29, 1.82) is 0 Å². The molecule has 1 heterocycles. The lowest BCUT2D eigenvalue weighted by Gasteiger charge is -2.35. The topological polar surface area (TPSA) is 66.0 Å². The number of hydrogen-bond acceptors (Lipinski definition) is 5. The fourth-order valence-corrected chi connectivity index (χ4v) is 2.56. The van der Waals surface area contributed by atoms with Crippen LogP contribution >= 0.6 is 0 Å². The monoisotopic (exact) mass is 273 g/mol. The Labute approximate surface area is 113 Å². The molecule has 1 aliphatic carbocycles. The molecule has 0 aromatic carbocycles. The van der Waals surface area contributed by atoms with Gasteiger partial charge < -0.3 is 24.3 Å². The Bertz CT molecular complexity index is 281. The van der Waals surface area contributed by atoms with Gasteiger partial charge in [-0.3, -0.25) is 4.79 Å². The second-order valence-electron chi connectivity index (χ2n) is 4.99. The predicted molar refractivity (Wildman–Crippen MR) is 67.7 cm³/mol. The van der Waals surface area contributed by atoms with Crippen LogP contribution in [0.2, 0.25) is 0 Å². The van der Waals surface area contributed by atoms with Crippen LogP contribution in [0.4, 0.5) is 0 Å². The summed E-state index contributed by atoms with van der Waals surface area (Å²) in [6.45, 7) is 2.42. The molecular weight excluding hydrogens is 250 g/mol. The van der Waals surface area contributed by atoms with Crippen LogP contribution in [0.1, 0.15) is 25.7 Å². The summed E-state index contributed by atoms with van der Waals surface area (Å²) in [5.74, 6) is -0.429. The van der Waals surface area contributed by atoms with E-state index >= 15 is 0 Å². The Kier molecular flexibility index (Phi) is 5.57. The van der Waals surface area contributed by atoms with Crippen molar-refractivity contribution in [3.8, 4) is 0 Å². The molecule has 110 valence electrons. The number of ether oxygens (including phenoxy) is 4. The largest absolute Gasteiger partial charge is 0.382 e. The summed E-state index contributed by atoms with van der Waals surface area (Å²) in [6.07, 6.45) is 3.48. The summed E-state index contributed by atoms with van der Waals surface area (Å²) in [5.41, 5.74) is 0. The molecule has 0 aromatic rings. The van der Waals surface area contributed by atoms with Gasteiger partial charge in [0.1, 0.15) is 6.61 Å². The highest BCUT2D eigenvalue weighted by Crippen LogP contribution is 2.35. The van der Waals surface area contributed by atoms with Crippen LogP contribution in [0.15, 0.2) is 0 Å². The van der Waals surface area contributed by atoms with E-state index in [0.29, 0.717) is 26.4 Å². The number of nitrogens with one attached hydrogen (secondary N) is 1. The molecule has 0 bridgehead atoms. The minimum atomic E-state index is -0.365. The van der Waals surface area contributed by atoms with E-state index in [1.54, 1.807) is 7.11 Å². The summed E-state index contributed by atoms with van der Waals surface area (Å²) >= 11 is 0. The molecule has 1 aliphatic heterocycles. The molecule has 2 aliphatic rings. The lowest BCUT2D eigenvalue weighted by molar-refractivity contribution is -0.180. The number of rotatable bonds is 6. The Balaban J connectivity index is 1.61. The highest BCUT2D eigenvalue weighted by molar-refractivity contribution is 5.77. The van der Waals surface area contributed by atoms with Gasteiger partial charge in [0.15, 0.2) is 5.79 Å². The van der Waals surface area contributed by atoms with Gasteiger partial charge >= 0.3 is 0 Å². The Morgan fingerprint density at radius 2 is 1.95 bits per heavy atom. The molecule has 2 rings (SSSR count). The number of methoxy groups -OCH3 is 1. The summed E-state index contributed by atoms with van der Waals surface area (Å²) in [6, 6.07) is 0.206. The molecule has 1 amide bonds. The highest BCUT2D eigenvalue weighted by Gasteiger charge is 2.40. The van der Waals surface area contributed by atoms with E-state index in [-0.39, 0.29) is 24.3 Å². The van der Waals surface area contributed by atoms with E-state index in [9.17, 15) is 4.79 Å². The summed E-state index contributed by atoms with van der Waals surface area (Å²) in [4.78, 5) is 11.6. The molecule has 1 spiro atoms. The third-order valence-electron chi connectivity index (χ3n) is 3.59. The van der Waals surface area contributed by atoms with Gasteiger partial charge in [-0.1, -0.05) is 0 Å². The molecule has 0 aromatic heterocycles. The number of carbonyl (C=O) groups is 1. The lowest BCUT2D eigenvalue weighted by atomic mass is 9.90. The van der Waals surface area contributed by atoms with Gasteiger partial charge in [-0.15, -0.1) is 0 Å². The van der Waals surface area contributed by atoms with Crippen molar-refractivity contribution in [2.75, 3.05) is 40.1 Å². The quantitative estimate of drug-likeness (QED) is 0.712. The first-order valence-corrected chi connectivity index (χ1v) is 6.88. The predicted octanol–water partition coefficient (Wildman–Crippen LogP) is 0.451. The Morgan fingerprint density at radius 3 is 2.58 bits per heavy atom. The SMILES string of the molecule is COCCOCC(=O)NC1CCC2(CC1)OCCO2. The first-order chi connectivity index (χ1) is 9.24. The van der Waals surface area contributed by atoms with Gasteiger partial charge in [-0.05, 0) is 12.8 Å². The van der Waals surface area contributed by atoms with Crippen LogP contribution in [0.3, 0.4) is 0 Å². The van der Waals surface area contributed by atoms with E-state index < -0.39 is 0 Å². The molecule has 2 fully saturated rings. The van der Waals surface area contributed by atoms with E-state index in [1.807, 2.05) is 0 Å². The van der Waals surface area contributed by atoms with Crippen molar-refractivity contribution in [1.82, 2.24) is 5.32 Å². The standard InChI is InChI=1S/C13H23NO5/c1-16-6-7-17-10-12(15)14-11-2-4-13(5-3-11)18-8-9-19-13/h11H,2-10H2,1H3,(H,14,15). The Morgan fingerprint density at radius 1 is 1.26 bits per heavy atom. The average molecular weight is 273 g/mol. The maximum atomic E-state index is 11.6. The zero-order valence-corrected chi connectivity index (χ0v) is 11.5. The first kappa shape index (κ1) is 14.7. The third-order valence-corrected chi connectivity index (χ3v) is 3.59. The maximum absolute atomic E-state index is 11.6. The normalized spacial score (nSPS) is 22.8. The highest BCUT2D eigenvalue weighted by atomic mass is 16.7. The van der Waals surface area contributed by atoms with E-state index in [2.05, 4.69) is 5.32 Å². The van der Waals surface area contributed by atoms with E-state index in [0.717, 1.165) is 25.7 Å². The smallest absolute Gasteiger partial charge is 0.246 e. The number of hydrogen-bond donors (Lipinski definition) is 1. The van der Waals surface area contributed by atoms with Crippen LogP contribution in [0.5, 0.6) is 0 Å². The van der Waals surface area contributed by atoms with Crippen LogP contribution in [-0.2, 0) is 23.7 Å². The Hall–Kier alpha value is -0.690. The minimum absolute atomic E-state index is 0.0645. The van der Waals surface area contributed by atoms with Crippen molar-refractivity contribution in [2.24, 2.45) is 0 Å². The van der Waals surface area contributed by atoms with Crippen molar-refractivity contribution < 1.29 is 23.7 Å². The molecule has 0 radical (unpaired) electrons. The molecule has 19 heavy (non-hydrogen) atoms. The van der Waals surface area contributed by atoms with Crippen LogP contribution in [0.25, 0.3) is 0 Å². The van der Waals surface area contributed by atoms with E-state index in [4.69, 9.17) is 18.9 Å². The zero-order valence-electron chi connectivity index (χ0n) is 11.5. The van der Waals surface area contributed by atoms with Crippen molar-refractivity contribution in [3.63, 3.8) is 0 Å². The van der Waals surface area contributed by atoms with Gasteiger partial charge in [0.05, 0.1) is 26.4 Å². The number of amides is 1. The fraction of sp³-hybridized carbons (Fsp3) is 0.923. The molecule has 1 N–H and O–H groups in total. The zero-order chi connectivity index (χ0) is 13.6. The van der Waals surface area contributed by atoms with Gasteiger partial charge in [0, 0.05) is 26.0 Å². The first-order valence-electron chi connectivity index (χ1n) is 6.88. The van der Waals surface area contributed by atoms with Crippen LogP contribution in [-0.4, -0.2) is 57.9 Å². The van der Waals surface area contributed by atoms with Gasteiger partial charge in [0.2, 0.25) is 5.91 Å². The van der Waals surface area contributed by atoms with E-state index in [1.165, 1.54) is 0 Å². The van der Waals surface area contributed by atoms with Crippen molar-refractivity contribution in [2.45, 2.75) is 37.5 Å². The van der Waals surface area contributed by atoms with Crippen molar-refractivity contribution in [3.05, 3.63) is 0 Å². The molecule has 6 heteroatoms. The number of carbonyl (C=O) groups excluding carboxylic acids is 1. The molecule has 1 saturated heterocycles. The van der Waals surface area contributed by atoms with Gasteiger partial charge in [0.25, 0.3) is 0 Å².